The maximum absolute atomic E-state index is 11.9. The van der Waals surface area contributed by atoms with Crippen molar-refractivity contribution in [1.82, 2.24) is 4.90 Å². The van der Waals surface area contributed by atoms with Gasteiger partial charge in [-0.05, 0) is 19.8 Å². The van der Waals surface area contributed by atoms with Crippen molar-refractivity contribution in [3.63, 3.8) is 0 Å². The van der Waals surface area contributed by atoms with Gasteiger partial charge in [0.25, 0.3) is 0 Å². The number of carbonyl (C=O) groups excluding carboxylic acids is 1. The molecule has 1 amide bonds. The molecule has 1 heterocycles. The molecule has 0 aromatic carbocycles. The van der Waals surface area contributed by atoms with Gasteiger partial charge in [0.15, 0.2) is 0 Å². The summed E-state index contributed by atoms with van der Waals surface area (Å²) in [5.41, 5.74) is 5.41. The summed E-state index contributed by atoms with van der Waals surface area (Å²) in [5.74, 6) is 2.30. The Balaban J connectivity index is 2.02. The van der Waals surface area contributed by atoms with Crippen molar-refractivity contribution in [2.24, 2.45) is 5.73 Å². The standard InChI is InChI=1S/C9H16N2OS/c1-7-6-13-5-4-11(7)8(12)9(10)2-3-9/h7H,2-6,10H2,1H3. The molecule has 0 bridgehead atoms. The fourth-order valence-electron chi connectivity index (χ4n) is 1.66. The molecule has 1 saturated carbocycles. The van der Waals surface area contributed by atoms with Crippen LogP contribution in [0.25, 0.3) is 0 Å². The average molecular weight is 200 g/mol. The van der Waals surface area contributed by atoms with Gasteiger partial charge in [0, 0.05) is 24.1 Å². The molecule has 3 nitrogen and oxygen atoms in total. The lowest BCUT2D eigenvalue weighted by atomic mass is 10.2. The van der Waals surface area contributed by atoms with E-state index in [2.05, 4.69) is 6.92 Å². The smallest absolute Gasteiger partial charge is 0.242 e. The first-order valence-corrected chi connectivity index (χ1v) is 5.97. The summed E-state index contributed by atoms with van der Waals surface area (Å²) >= 11 is 1.92. The zero-order valence-corrected chi connectivity index (χ0v) is 8.77. The Kier molecular flexibility index (Phi) is 2.28. The molecule has 0 aromatic heterocycles. The zero-order valence-electron chi connectivity index (χ0n) is 7.95. The molecule has 1 aliphatic heterocycles. The lowest BCUT2D eigenvalue weighted by molar-refractivity contribution is -0.135. The molecule has 1 saturated heterocycles. The summed E-state index contributed by atoms with van der Waals surface area (Å²) in [6.45, 7) is 2.99. The Labute approximate surface area is 83.0 Å². The normalized spacial score (nSPS) is 31.5. The Morgan fingerprint density at radius 1 is 1.62 bits per heavy atom. The van der Waals surface area contributed by atoms with Crippen molar-refractivity contribution in [1.29, 1.82) is 0 Å². The van der Waals surface area contributed by atoms with E-state index in [-0.39, 0.29) is 5.91 Å². The van der Waals surface area contributed by atoms with Crippen molar-refractivity contribution in [3.05, 3.63) is 0 Å². The van der Waals surface area contributed by atoms with Crippen LogP contribution in [0.2, 0.25) is 0 Å². The number of thioether (sulfide) groups is 1. The van der Waals surface area contributed by atoms with Gasteiger partial charge in [-0.15, -0.1) is 0 Å². The number of amides is 1. The van der Waals surface area contributed by atoms with Crippen LogP contribution in [0.4, 0.5) is 0 Å². The molecule has 1 aliphatic carbocycles. The molecule has 0 spiro atoms. The first-order chi connectivity index (χ1) is 6.13. The van der Waals surface area contributed by atoms with Crippen molar-refractivity contribution < 1.29 is 4.79 Å². The minimum absolute atomic E-state index is 0.181. The molecule has 0 aromatic rings. The summed E-state index contributed by atoms with van der Waals surface area (Å²) in [6, 6.07) is 0.368. The predicted octanol–water partition coefficient (Wildman–Crippen LogP) is 0.442. The van der Waals surface area contributed by atoms with E-state index in [0.29, 0.717) is 6.04 Å². The average Bonchev–Trinajstić information content (AvgIpc) is 2.85. The summed E-state index contributed by atoms with van der Waals surface area (Å²) in [5, 5.41) is 0. The number of nitrogens with zero attached hydrogens (tertiary/aromatic N) is 1. The first kappa shape index (κ1) is 9.34. The third-order valence-corrected chi connectivity index (χ3v) is 4.03. The van der Waals surface area contributed by atoms with Crippen LogP contribution in [0.5, 0.6) is 0 Å². The molecular formula is C9H16N2OS. The second-order valence-corrected chi connectivity index (χ2v) is 5.23. The van der Waals surface area contributed by atoms with Crippen LogP contribution in [0, 0.1) is 0 Å². The summed E-state index contributed by atoms with van der Waals surface area (Å²) in [7, 11) is 0. The molecule has 2 fully saturated rings. The van der Waals surface area contributed by atoms with Gasteiger partial charge in [-0.25, -0.2) is 0 Å². The van der Waals surface area contributed by atoms with Crippen LogP contribution in [0.3, 0.4) is 0 Å². The van der Waals surface area contributed by atoms with Gasteiger partial charge in [0.2, 0.25) is 5.91 Å². The second-order valence-electron chi connectivity index (χ2n) is 4.08. The fourth-order valence-corrected chi connectivity index (χ4v) is 2.68. The first-order valence-electron chi connectivity index (χ1n) is 4.81. The van der Waals surface area contributed by atoms with Crippen LogP contribution >= 0.6 is 11.8 Å². The minimum Gasteiger partial charge on any atom is -0.337 e. The van der Waals surface area contributed by atoms with Gasteiger partial charge >= 0.3 is 0 Å². The highest BCUT2D eigenvalue weighted by Crippen LogP contribution is 2.35. The molecule has 2 aliphatic rings. The van der Waals surface area contributed by atoms with E-state index in [0.717, 1.165) is 30.9 Å². The van der Waals surface area contributed by atoms with Crippen molar-refractivity contribution in [3.8, 4) is 0 Å². The largest absolute Gasteiger partial charge is 0.337 e. The van der Waals surface area contributed by atoms with E-state index >= 15 is 0 Å². The van der Waals surface area contributed by atoms with E-state index < -0.39 is 5.54 Å². The highest BCUT2D eigenvalue weighted by atomic mass is 32.2. The quantitative estimate of drug-likeness (QED) is 0.668. The summed E-state index contributed by atoms with van der Waals surface area (Å²) in [6.07, 6.45) is 1.75. The van der Waals surface area contributed by atoms with Crippen molar-refractivity contribution in [2.45, 2.75) is 31.3 Å². The molecule has 2 rings (SSSR count). The number of rotatable bonds is 1. The van der Waals surface area contributed by atoms with Crippen molar-refractivity contribution >= 4 is 17.7 Å². The number of carbonyl (C=O) groups is 1. The van der Waals surface area contributed by atoms with E-state index in [1.807, 2.05) is 16.7 Å². The Bertz CT molecular complexity index is 228. The lowest BCUT2D eigenvalue weighted by Gasteiger charge is -2.34. The van der Waals surface area contributed by atoms with Gasteiger partial charge < -0.3 is 10.6 Å². The molecule has 2 N–H and O–H groups in total. The van der Waals surface area contributed by atoms with E-state index in [1.165, 1.54) is 0 Å². The summed E-state index contributed by atoms with van der Waals surface area (Å²) in [4.78, 5) is 13.8. The van der Waals surface area contributed by atoms with Crippen LogP contribution in [0.15, 0.2) is 0 Å². The highest BCUT2D eigenvalue weighted by molar-refractivity contribution is 7.99. The third-order valence-electron chi connectivity index (χ3n) is 2.84. The molecule has 13 heavy (non-hydrogen) atoms. The second kappa shape index (κ2) is 3.17. The maximum Gasteiger partial charge on any atom is 0.242 e. The van der Waals surface area contributed by atoms with E-state index in [9.17, 15) is 4.79 Å². The SMILES string of the molecule is CC1CSCCN1C(=O)C1(N)CC1. The lowest BCUT2D eigenvalue weighted by Crippen LogP contribution is -2.52. The highest BCUT2D eigenvalue weighted by Gasteiger charge is 2.49. The maximum atomic E-state index is 11.9. The van der Waals surface area contributed by atoms with Gasteiger partial charge in [0.05, 0.1) is 5.54 Å². The topological polar surface area (TPSA) is 46.3 Å². The Morgan fingerprint density at radius 2 is 2.31 bits per heavy atom. The van der Waals surface area contributed by atoms with Gasteiger partial charge in [0.1, 0.15) is 0 Å². The van der Waals surface area contributed by atoms with Gasteiger partial charge in [-0.3, -0.25) is 4.79 Å². The third kappa shape index (κ3) is 1.70. The molecule has 1 unspecified atom stereocenters. The number of hydrogen-bond acceptors (Lipinski definition) is 3. The molecular weight excluding hydrogens is 184 g/mol. The zero-order chi connectivity index (χ0) is 9.47. The molecule has 0 radical (unpaired) electrons. The van der Waals surface area contributed by atoms with E-state index in [4.69, 9.17) is 5.73 Å². The molecule has 1 atom stereocenters. The van der Waals surface area contributed by atoms with Crippen LogP contribution in [0.1, 0.15) is 19.8 Å². The molecule has 4 heteroatoms. The van der Waals surface area contributed by atoms with Crippen LogP contribution in [-0.4, -0.2) is 40.4 Å². The molecule has 74 valence electrons. The van der Waals surface area contributed by atoms with Crippen LogP contribution in [-0.2, 0) is 4.79 Å². The van der Waals surface area contributed by atoms with E-state index in [1.54, 1.807) is 0 Å². The monoisotopic (exact) mass is 200 g/mol. The van der Waals surface area contributed by atoms with Crippen molar-refractivity contribution in [2.75, 3.05) is 18.1 Å². The fraction of sp³-hybridized carbons (Fsp3) is 0.889. The predicted molar refractivity (Wildman–Crippen MR) is 54.7 cm³/mol. The van der Waals surface area contributed by atoms with Crippen LogP contribution < -0.4 is 5.73 Å². The minimum atomic E-state index is -0.476. The Morgan fingerprint density at radius 3 is 2.85 bits per heavy atom. The Hall–Kier alpha value is -0.220. The number of hydrogen-bond donors (Lipinski definition) is 1. The summed E-state index contributed by atoms with van der Waals surface area (Å²) < 4.78 is 0. The van der Waals surface area contributed by atoms with Gasteiger partial charge in [-0.1, -0.05) is 0 Å². The van der Waals surface area contributed by atoms with Gasteiger partial charge in [-0.2, -0.15) is 11.8 Å². The number of nitrogens with two attached hydrogens (primary N) is 1.